The minimum Gasteiger partial charge on any atom is -0.478 e. The molecule has 1 atom stereocenters. The predicted octanol–water partition coefficient (Wildman–Crippen LogP) is 0.339. The number of aryl methyl sites for hydroxylation is 1. The lowest BCUT2D eigenvalue weighted by atomic mass is 10.2. The number of hydrogen-bond donors (Lipinski definition) is 1. The van der Waals surface area contributed by atoms with E-state index in [0.29, 0.717) is 13.2 Å². The molecule has 1 unspecified atom stereocenters. The summed E-state index contributed by atoms with van der Waals surface area (Å²) in [5, 5.41) is 13.1. The summed E-state index contributed by atoms with van der Waals surface area (Å²) in [6.45, 7) is 4.97. The first-order valence-electron chi connectivity index (χ1n) is 5.66. The molecule has 17 heavy (non-hydrogen) atoms. The Kier molecular flexibility index (Phi) is 3.44. The van der Waals surface area contributed by atoms with Gasteiger partial charge in [0.1, 0.15) is 5.56 Å². The van der Waals surface area contributed by atoms with Crippen LogP contribution in [0.1, 0.15) is 23.0 Å². The van der Waals surface area contributed by atoms with E-state index < -0.39 is 5.97 Å². The molecule has 1 N–H and O–H groups in total. The third-order valence-electron chi connectivity index (χ3n) is 2.99. The van der Waals surface area contributed by atoms with E-state index >= 15 is 0 Å². The van der Waals surface area contributed by atoms with Gasteiger partial charge in [-0.1, -0.05) is 0 Å². The van der Waals surface area contributed by atoms with E-state index in [1.165, 1.54) is 6.20 Å². The minimum atomic E-state index is -0.922. The number of hydrogen-bond acceptors (Lipinski definition) is 4. The Hall–Kier alpha value is -1.40. The lowest BCUT2D eigenvalue weighted by Gasteiger charge is -2.31. The highest BCUT2D eigenvalue weighted by Gasteiger charge is 2.21. The molecular formula is C11H17N3O3. The third kappa shape index (κ3) is 2.65. The molecule has 0 amide bonds. The number of carboxylic acids is 1. The molecule has 0 spiro atoms. The van der Waals surface area contributed by atoms with Crippen LogP contribution in [0.5, 0.6) is 0 Å². The highest BCUT2D eigenvalue weighted by Crippen LogP contribution is 2.13. The van der Waals surface area contributed by atoms with Gasteiger partial charge < -0.3 is 9.84 Å². The van der Waals surface area contributed by atoms with Crippen molar-refractivity contribution in [2.24, 2.45) is 7.05 Å². The fourth-order valence-electron chi connectivity index (χ4n) is 2.08. The van der Waals surface area contributed by atoms with E-state index in [1.807, 2.05) is 6.92 Å². The molecule has 0 aliphatic carbocycles. The van der Waals surface area contributed by atoms with Gasteiger partial charge in [0.2, 0.25) is 0 Å². The van der Waals surface area contributed by atoms with Gasteiger partial charge in [0, 0.05) is 26.7 Å². The highest BCUT2D eigenvalue weighted by molar-refractivity contribution is 5.88. The molecule has 0 bridgehead atoms. The van der Waals surface area contributed by atoms with Gasteiger partial charge >= 0.3 is 5.97 Å². The molecule has 2 rings (SSSR count). The number of carboxylic acid groups (broad SMARTS) is 1. The molecule has 2 heterocycles. The Labute approximate surface area is 99.8 Å². The molecule has 1 aromatic heterocycles. The molecule has 0 aromatic carbocycles. The van der Waals surface area contributed by atoms with Gasteiger partial charge in [-0.25, -0.2) is 4.79 Å². The first-order chi connectivity index (χ1) is 8.08. The van der Waals surface area contributed by atoms with Gasteiger partial charge in [-0.05, 0) is 6.92 Å². The van der Waals surface area contributed by atoms with Crippen molar-refractivity contribution in [1.29, 1.82) is 0 Å². The monoisotopic (exact) mass is 239 g/mol. The average molecular weight is 239 g/mol. The van der Waals surface area contributed by atoms with Crippen molar-refractivity contribution in [3.8, 4) is 0 Å². The van der Waals surface area contributed by atoms with Crippen LogP contribution in [-0.4, -0.2) is 51.6 Å². The van der Waals surface area contributed by atoms with E-state index in [-0.39, 0.29) is 11.7 Å². The van der Waals surface area contributed by atoms with E-state index in [9.17, 15) is 4.79 Å². The summed E-state index contributed by atoms with van der Waals surface area (Å²) in [5.41, 5.74) is 1.03. The molecule has 6 heteroatoms. The molecule has 1 aliphatic rings. The molecule has 1 aliphatic heterocycles. The number of ether oxygens (including phenoxy) is 1. The lowest BCUT2D eigenvalue weighted by Crippen LogP contribution is -2.41. The zero-order valence-electron chi connectivity index (χ0n) is 10.1. The van der Waals surface area contributed by atoms with Crippen molar-refractivity contribution < 1.29 is 14.6 Å². The van der Waals surface area contributed by atoms with Gasteiger partial charge in [0.25, 0.3) is 0 Å². The Morgan fingerprint density at radius 1 is 1.71 bits per heavy atom. The van der Waals surface area contributed by atoms with Gasteiger partial charge in [-0.15, -0.1) is 0 Å². The molecule has 0 radical (unpaired) electrons. The average Bonchev–Trinajstić information content (AvgIpc) is 2.61. The van der Waals surface area contributed by atoms with E-state index in [0.717, 1.165) is 18.8 Å². The van der Waals surface area contributed by atoms with Crippen LogP contribution in [0.15, 0.2) is 6.20 Å². The van der Waals surface area contributed by atoms with Crippen molar-refractivity contribution in [3.63, 3.8) is 0 Å². The van der Waals surface area contributed by atoms with Gasteiger partial charge in [-0.3, -0.25) is 9.58 Å². The summed E-state index contributed by atoms with van der Waals surface area (Å²) in [4.78, 5) is 13.2. The summed E-state index contributed by atoms with van der Waals surface area (Å²) in [7, 11) is 1.77. The standard InChI is InChI=1S/C11H17N3O3/c1-8-6-14(3-4-17-8)7-10-9(11(15)16)5-12-13(10)2/h5,8H,3-4,6-7H2,1-2H3,(H,15,16). The first kappa shape index (κ1) is 12.1. The van der Waals surface area contributed by atoms with Crippen molar-refractivity contribution in [2.75, 3.05) is 19.7 Å². The SMILES string of the molecule is CC1CN(Cc2c(C(=O)O)cnn2C)CCO1. The van der Waals surface area contributed by atoms with Gasteiger partial charge in [-0.2, -0.15) is 5.10 Å². The molecule has 1 saturated heterocycles. The smallest absolute Gasteiger partial charge is 0.339 e. The van der Waals surface area contributed by atoms with Gasteiger partial charge in [0.05, 0.1) is 24.6 Å². The zero-order chi connectivity index (χ0) is 12.4. The summed E-state index contributed by atoms with van der Waals surface area (Å²) in [5.74, 6) is -0.922. The number of carbonyl (C=O) groups is 1. The number of aromatic nitrogens is 2. The number of morpholine rings is 1. The zero-order valence-corrected chi connectivity index (χ0v) is 10.1. The van der Waals surface area contributed by atoms with Crippen LogP contribution in [-0.2, 0) is 18.3 Å². The van der Waals surface area contributed by atoms with Gasteiger partial charge in [0.15, 0.2) is 0 Å². The van der Waals surface area contributed by atoms with Crippen LogP contribution < -0.4 is 0 Å². The Balaban J connectivity index is 2.12. The molecule has 1 aromatic rings. The highest BCUT2D eigenvalue weighted by atomic mass is 16.5. The second-order valence-electron chi connectivity index (χ2n) is 4.35. The van der Waals surface area contributed by atoms with Crippen LogP contribution in [0.25, 0.3) is 0 Å². The fraction of sp³-hybridized carbons (Fsp3) is 0.636. The van der Waals surface area contributed by atoms with Crippen LogP contribution in [0, 0.1) is 0 Å². The number of rotatable bonds is 3. The molecular weight excluding hydrogens is 222 g/mol. The maximum Gasteiger partial charge on any atom is 0.339 e. The minimum absolute atomic E-state index is 0.199. The van der Waals surface area contributed by atoms with Crippen molar-refractivity contribution in [3.05, 3.63) is 17.5 Å². The lowest BCUT2D eigenvalue weighted by molar-refractivity contribution is -0.0219. The van der Waals surface area contributed by atoms with E-state index in [4.69, 9.17) is 9.84 Å². The maximum atomic E-state index is 11.0. The molecule has 1 fully saturated rings. The Bertz CT molecular complexity index is 416. The normalized spacial score (nSPS) is 21.6. The maximum absolute atomic E-state index is 11.0. The van der Waals surface area contributed by atoms with E-state index in [2.05, 4.69) is 10.00 Å². The summed E-state index contributed by atoms with van der Waals surface area (Å²) >= 11 is 0. The third-order valence-corrected chi connectivity index (χ3v) is 2.99. The predicted molar refractivity (Wildman–Crippen MR) is 60.9 cm³/mol. The van der Waals surface area contributed by atoms with Crippen molar-refractivity contribution >= 4 is 5.97 Å². The van der Waals surface area contributed by atoms with Crippen LogP contribution >= 0.6 is 0 Å². The number of aromatic carboxylic acids is 1. The van der Waals surface area contributed by atoms with Crippen molar-refractivity contribution in [1.82, 2.24) is 14.7 Å². The Morgan fingerprint density at radius 3 is 3.12 bits per heavy atom. The van der Waals surface area contributed by atoms with Crippen LogP contribution in [0.4, 0.5) is 0 Å². The van der Waals surface area contributed by atoms with Crippen LogP contribution in [0.3, 0.4) is 0 Å². The first-order valence-corrected chi connectivity index (χ1v) is 5.66. The van der Waals surface area contributed by atoms with Crippen LogP contribution in [0.2, 0.25) is 0 Å². The molecule has 94 valence electrons. The quantitative estimate of drug-likeness (QED) is 0.823. The van der Waals surface area contributed by atoms with E-state index in [1.54, 1.807) is 11.7 Å². The summed E-state index contributed by atoms with van der Waals surface area (Å²) in [6.07, 6.45) is 1.60. The second kappa shape index (κ2) is 4.85. The molecule has 6 nitrogen and oxygen atoms in total. The molecule has 0 saturated carbocycles. The largest absolute Gasteiger partial charge is 0.478 e. The topological polar surface area (TPSA) is 67.6 Å². The fourth-order valence-corrected chi connectivity index (χ4v) is 2.08. The van der Waals surface area contributed by atoms with Crippen molar-refractivity contribution in [2.45, 2.75) is 19.6 Å². The second-order valence-corrected chi connectivity index (χ2v) is 4.35. The number of nitrogens with zero attached hydrogens (tertiary/aromatic N) is 3. The Morgan fingerprint density at radius 2 is 2.47 bits per heavy atom. The summed E-state index contributed by atoms with van der Waals surface area (Å²) < 4.78 is 7.08. The summed E-state index contributed by atoms with van der Waals surface area (Å²) in [6, 6.07) is 0.